The van der Waals surface area contributed by atoms with Crippen LogP contribution in [0.2, 0.25) is 0 Å². The Kier molecular flexibility index (Phi) is 1.88. The summed E-state index contributed by atoms with van der Waals surface area (Å²) in [7, 11) is 0. The minimum Gasteiger partial charge on any atom is -0.481 e. The Hall–Kier alpha value is -0.570. The molecular weight excluding hydrogens is 166 g/mol. The lowest BCUT2D eigenvalue weighted by Crippen LogP contribution is -2.50. The fourth-order valence-electron chi connectivity index (χ4n) is 2.69. The molecule has 0 aliphatic heterocycles. The zero-order valence-corrected chi connectivity index (χ0v) is 7.88. The second-order valence-corrected chi connectivity index (χ2v) is 4.60. The van der Waals surface area contributed by atoms with Crippen LogP contribution in [0.4, 0.5) is 0 Å². The highest BCUT2D eigenvalue weighted by Gasteiger charge is 2.60. The summed E-state index contributed by atoms with van der Waals surface area (Å²) in [6, 6.07) is 0. The molecule has 0 aromatic carbocycles. The maximum absolute atomic E-state index is 11.3. The molecule has 2 aliphatic rings. The van der Waals surface area contributed by atoms with Crippen molar-refractivity contribution in [3.63, 3.8) is 0 Å². The fourth-order valence-corrected chi connectivity index (χ4v) is 2.69. The Bertz CT molecular complexity index is 227. The second-order valence-electron chi connectivity index (χ2n) is 4.60. The molecular formula is C10H17NO2. The number of aliphatic carboxylic acids is 1. The van der Waals surface area contributed by atoms with Crippen LogP contribution in [0, 0.1) is 5.41 Å². The van der Waals surface area contributed by atoms with E-state index in [9.17, 15) is 9.90 Å². The Labute approximate surface area is 78.3 Å². The highest BCUT2D eigenvalue weighted by Crippen LogP contribution is 2.55. The molecule has 0 unspecified atom stereocenters. The van der Waals surface area contributed by atoms with Crippen LogP contribution in [-0.2, 0) is 4.79 Å². The van der Waals surface area contributed by atoms with Crippen LogP contribution in [-0.4, -0.2) is 16.6 Å². The van der Waals surface area contributed by atoms with Crippen LogP contribution in [0.1, 0.15) is 44.9 Å². The van der Waals surface area contributed by atoms with Gasteiger partial charge in [-0.2, -0.15) is 0 Å². The fraction of sp³-hybridized carbons (Fsp3) is 0.900. The maximum Gasteiger partial charge on any atom is 0.311 e. The monoisotopic (exact) mass is 183 g/mol. The van der Waals surface area contributed by atoms with Crippen LogP contribution in [0.5, 0.6) is 0 Å². The third-order valence-corrected chi connectivity index (χ3v) is 3.86. The van der Waals surface area contributed by atoms with Crippen molar-refractivity contribution in [2.24, 2.45) is 11.1 Å². The van der Waals surface area contributed by atoms with Gasteiger partial charge in [-0.25, -0.2) is 0 Å². The largest absolute Gasteiger partial charge is 0.481 e. The van der Waals surface area contributed by atoms with Crippen LogP contribution in [0.15, 0.2) is 0 Å². The molecule has 0 spiro atoms. The Morgan fingerprint density at radius 2 is 1.62 bits per heavy atom. The van der Waals surface area contributed by atoms with E-state index in [1.807, 2.05) is 0 Å². The van der Waals surface area contributed by atoms with Crippen LogP contribution in [0.25, 0.3) is 0 Å². The first-order valence-electron chi connectivity index (χ1n) is 5.13. The molecule has 0 aromatic heterocycles. The van der Waals surface area contributed by atoms with Crippen molar-refractivity contribution in [2.75, 3.05) is 0 Å². The summed E-state index contributed by atoms with van der Waals surface area (Å²) >= 11 is 0. The van der Waals surface area contributed by atoms with E-state index in [1.54, 1.807) is 0 Å². The van der Waals surface area contributed by atoms with Gasteiger partial charge in [0, 0.05) is 5.54 Å². The highest BCUT2D eigenvalue weighted by molar-refractivity contribution is 5.77. The van der Waals surface area contributed by atoms with Crippen molar-refractivity contribution < 1.29 is 9.90 Å². The van der Waals surface area contributed by atoms with Gasteiger partial charge in [-0.15, -0.1) is 0 Å². The average Bonchev–Trinajstić information content (AvgIpc) is 2.86. The Morgan fingerprint density at radius 3 is 2.00 bits per heavy atom. The van der Waals surface area contributed by atoms with Crippen molar-refractivity contribution >= 4 is 5.97 Å². The van der Waals surface area contributed by atoms with Crippen LogP contribution in [0.3, 0.4) is 0 Å². The summed E-state index contributed by atoms with van der Waals surface area (Å²) in [6.45, 7) is 0. The minimum absolute atomic E-state index is 0.362. The van der Waals surface area contributed by atoms with Gasteiger partial charge in [-0.05, 0) is 25.7 Å². The van der Waals surface area contributed by atoms with Crippen LogP contribution >= 0.6 is 0 Å². The molecule has 3 nitrogen and oxygen atoms in total. The van der Waals surface area contributed by atoms with Gasteiger partial charge in [0.2, 0.25) is 0 Å². The predicted molar refractivity (Wildman–Crippen MR) is 49.3 cm³/mol. The Balaban J connectivity index is 2.24. The van der Waals surface area contributed by atoms with Gasteiger partial charge in [-0.3, -0.25) is 4.79 Å². The number of carboxylic acid groups (broad SMARTS) is 1. The normalized spacial score (nSPS) is 29.6. The van der Waals surface area contributed by atoms with Crippen molar-refractivity contribution in [3.05, 3.63) is 0 Å². The van der Waals surface area contributed by atoms with E-state index >= 15 is 0 Å². The number of nitrogens with two attached hydrogens (primary N) is 1. The molecule has 2 fully saturated rings. The van der Waals surface area contributed by atoms with E-state index in [2.05, 4.69) is 0 Å². The van der Waals surface area contributed by atoms with Gasteiger partial charge < -0.3 is 10.8 Å². The highest BCUT2D eigenvalue weighted by atomic mass is 16.4. The van der Waals surface area contributed by atoms with Gasteiger partial charge in [0.1, 0.15) is 0 Å². The molecule has 0 saturated heterocycles. The smallest absolute Gasteiger partial charge is 0.311 e. The number of hydrogen-bond acceptors (Lipinski definition) is 2. The summed E-state index contributed by atoms with van der Waals surface area (Å²) in [5.74, 6) is -0.660. The maximum atomic E-state index is 11.3. The predicted octanol–water partition coefficient (Wildman–Crippen LogP) is 1.51. The van der Waals surface area contributed by atoms with E-state index < -0.39 is 11.4 Å². The molecule has 2 aliphatic carbocycles. The van der Waals surface area contributed by atoms with Gasteiger partial charge in [0.05, 0.1) is 5.41 Å². The van der Waals surface area contributed by atoms with Gasteiger partial charge >= 0.3 is 5.97 Å². The standard InChI is InChI=1S/C10H17NO2/c11-10(6-7-10)9(8(12)13)4-2-1-3-5-9/h1-7,11H2,(H,12,13). The molecule has 3 heteroatoms. The van der Waals surface area contributed by atoms with E-state index in [0.29, 0.717) is 0 Å². The van der Waals surface area contributed by atoms with Gasteiger partial charge in [0.25, 0.3) is 0 Å². The summed E-state index contributed by atoms with van der Waals surface area (Å²) < 4.78 is 0. The molecule has 0 atom stereocenters. The first-order chi connectivity index (χ1) is 6.11. The molecule has 13 heavy (non-hydrogen) atoms. The summed E-state index contributed by atoms with van der Waals surface area (Å²) in [5, 5.41) is 9.28. The molecule has 2 saturated carbocycles. The number of carboxylic acids is 1. The van der Waals surface area contributed by atoms with Crippen molar-refractivity contribution in [2.45, 2.75) is 50.5 Å². The van der Waals surface area contributed by atoms with Crippen molar-refractivity contribution in [3.8, 4) is 0 Å². The topological polar surface area (TPSA) is 63.3 Å². The van der Waals surface area contributed by atoms with E-state index in [0.717, 1.165) is 38.5 Å². The lowest BCUT2D eigenvalue weighted by atomic mass is 9.67. The van der Waals surface area contributed by atoms with E-state index in [1.165, 1.54) is 6.42 Å². The Morgan fingerprint density at radius 1 is 1.08 bits per heavy atom. The summed E-state index contributed by atoms with van der Waals surface area (Å²) in [4.78, 5) is 11.3. The minimum atomic E-state index is -0.660. The number of hydrogen-bond donors (Lipinski definition) is 2. The first-order valence-corrected chi connectivity index (χ1v) is 5.13. The van der Waals surface area contributed by atoms with Crippen LogP contribution < -0.4 is 5.73 Å². The average molecular weight is 183 g/mol. The molecule has 2 rings (SSSR count). The second kappa shape index (κ2) is 2.71. The van der Waals surface area contributed by atoms with E-state index in [-0.39, 0.29) is 5.54 Å². The summed E-state index contributed by atoms with van der Waals surface area (Å²) in [6.07, 6.45) is 6.62. The first kappa shape index (κ1) is 9.00. The quantitative estimate of drug-likeness (QED) is 0.682. The zero-order chi connectivity index (χ0) is 9.53. The molecule has 0 aromatic rings. The lowest BCUT2D eigenvalue weighted by molar-refractivity contribution is -0.153. The number of carbonyl (C=O) groups is 1. The SMILES string of the molecule is NC1(C2(C(=O)O)CCCCC2)CC1. The molecule has 0 bridgehead atoms. The molecule has 0 heterocycles. The molecule has 0 amide bonds. The summed E-state index contributed by atoms with van der Waals surface area (Å²) in [5.41, 5.74) is 5.14. The van der Waals surface area contributed by atoms with Crippen molar-refractivity contribution in [1.29, 1.82) is 0 Å². The zero-order valence-electron chi connectivity index (χ0n) is 7.88. The van der Waals surface area contributed by atoms with E-state index in [4.69, 9.17) is 5.73 Å². The van der Waals surface area contributed by atoms with Crippen molar-refractivity contribution in [1.82, 2.24) is 0 Å². The lowest BCUT2D eigenvalue weighted by Gasteiger charge is -2.38. The van der Waals surface area contributed by atoms with Gasteiger partial charge in [-0.1, -0.05) is 19.3 Å². The molecule has 0 radical (unpaired) electrons. The number of rotatable bonds is 2. The third-order valence-electron chi connectivity index (χ3n) is 3.86. The third kappa shape index (κ3) is 1.17. The molecule has 3 N–H and O–H groups in total. The molecule has 74 valence electrons. The van der Waals surface area contributed by atoms with Gasteiger partial charge in [0.15, 0.2) is 0 Å².